The van der Waals surface area contributed by atoms with Crippen molar-refractivity contribution in [2.75, 3.05) is 11.1 Å². The molecule has 108 valence electrons. The van der Waals surface area contributed by atoms with E-state index in [1.807, 2.05) is 0 Å². The predicted octanol–water partition coefficient (Wildman–Crippen LogP) is 2.58. The third kappa shape index (κ3) is 3.24. The Bertz CT molecular complexity index is 731. The van der Waals surface area contributed by atoms with Crippen molar-refractivity contribution in [3.8, 4) is 5.75 Å². The fourth-order valence-electron chi connectivity index (χ4n) is 1.65. The van der Waals surface area contributed by atoms with Gasteiger partial charge in [0.1, 0.15) is 5.75 Å². The zero-order chi connectivity index (χ0) is 15.6. The molecule has 21 heavy (non-hydrogen) atoms. The van der Waals surface area contributed by atoms with Gasteiger partial charge in [-0.15, -0.1) is 0 Å². The molecule has 7 heteroatoms. The highest BCUT2D eigenvalue weighted by Gasteiger charge is 2.13. The first kappa shape index (κ1) is 14.7. The van der Waals surface area contributed by atoms with Crippen molar-refractivity contribution in [3.05, 3.63) is 52.5 Å². The van der Waals surface area contributed by atoms with Crippen LogP contribution in [0.3, 0.4) is 0 Å². The van der Waals surface area contributed by atoms with Crippen LogP contribution >= 0.6 is 11.6 Å². The van der Waals surface area contributed by atoms with Crippen molar-refractivity contribution in [2.45, 2.75) is 0 Å². The number of nitrogens with one attached hydrogen (secondary N) is 1. The number of aromatic carboxylic acids is 1. The monoisotopic (exact) mass is 306 g/mol. The molecule has 0 unspecified atom stereocenters. The second kappa shape index (κ2) is 5.72. The van der Waals surface area contributed by atoms with Crippen LogP contribution in [0.5, 0.6) is 5.75 Å². The van der Waals surface area contributed by atoms with Crippen LogP contribution in [-0.4, -0.2) is 22.1 Å². The van der Waals surface area contributed by atoms with Gasteiger partial charge in [-0.2, -0.15) is 0 Å². The molecular formula is C14H11ClN2O4. The average molecular weight is 307 g/mol. The van der Waals surface area contributed by atoms with Gasteiger partial charge in [0.05, 0.1) is 22.0 Å². The maximum Gasteiger partial charge on any atom is 0.335 e. The van der Waals surface area contributed by atoms with Gasteiger partial charge in [0.2, 0.25) is 0 Å². The van der Waals surface area contributed by atoms with Crippen molar-refractivity contribution < 1.29 is 19.8 Å². The Morgan fingerprint density at radius 1 is 1.10 bits per heavy atom. The molecule has 2 rings (SSSR count). The summed E-state index contributed by atoms with van der Waals surface area (Å²) >= 11 is 5.76. The Labute approximate surface area is 124 Å². The molecule has 0 bridgehead atoms. The van der Waals surface area contributed by atoms with Crippen LogP contribution < -0.4 is 11.1 Å². The third-order valence-corrected chi connectivity index (χ3v) is 3.09. The molecule has 0 fully saturated rings. The Kier molecular flexibility index (Phi) is 4.00. The van der Waals surface area contributed by atoms with Gasteiger partial charge in [0, 0.05) is 5.56 Å². The summed E-state index contributed by atoms with van der Waals surface area (Å²) in [4.78, 5) is 22.9. The van der Waals surface area contributed by atoms with E-state index in [1.165, 1.54) is 30.3 Å². The van der Waals surface area contributed by atoms with E-state index in [2.05, 4.69) is 5.32 Å². The lowest BCUT2D eigenvalue weighted by Crippen LogP contribution is -2.13. The third-order valence-electron chi connectivity index (χ3n) is 2.75. The molecule has 0 aromatic heterocycles. The highest BCUT2D eigenvalue weighted by molar-refractivity contribution is 6.33. The van der Waals surface area contributed by atoms with Gasteiger partial charge in [0.15, 0.2) is 0 Å². The van der Waals surface area contributed by atoms with Gasteiger partial charge in [-0.25, -0.2) is 4.79 Å². The molecular weight excluding hydrogens is 296 g/mol. The predicted molar refractivity (Wildman–Crippen MR) is 78.9 cm³/mol. The van der Waals surface area contributed by atoms with Crippen molar-refractivity contribution in [3.63, 3.8) is 0 Å². The van der Waals surface area contributed by atoms with Crippen LogP contribution in [0.15, 0.2) is 36.4 Å². The molecule has 1 amide bonds. The Morgan fingerprint density at radius 3 is 2.38 bits per heavy atom. The number of amides is 1. The number of aromatic hydroxyl groups is 1. The largest absolute Gasteiger partial charge is 0.506 e. The minimum Gasteiger partial charge on any atom is -0.506 e. The lowest BCUT2D eigenvalue weighted by atomic mass is 10.1. The van der Waals surface area contributed by atoms with E-state index in [9.17, 15) is 14.7 Å². The van der Waals surface area contributed by atoms with Gasteiger partial charge >= 0.3 is 5.97 Å². The number of carboxylic acid groups (broad SMARTS) is 1. The quantitative estimate of drug-likeness (QED) is 0.514. The highest BCUT2D eigenvalue weighted by Crippen LogP contribution is 2.26. The lowest BCUT2D eigenvalue weighted by Gasteiger charge is -2.09. The normalized spacial score (nSPS) is 10.1. The summed E-state index contributed by atoms with van der Waals surface area (Å²) in [5.41, 5.74) is 6.02. The SMILES string of the molecule is Nc1cc(C(=O)Nc2cc(C(=O)O)ccc2O)ccc1Cl. The number of carbonyl (C=O) groups excluding carboxylic acids is 1. The van der Waals surface area contributed by atoms with E-state index in [0.29, 0.717) is 5.02 Å². The standard InChI is InChI=1S/C14H11ClN2O4/c15-9-3-1-7(5-10(9)16)13(19)17-11-6-8(14(20)21)2-4-12(11)18/h1-6,18H,16H2,(H,17,19)(H,20,21). The van der Waals surface area contributed by atoms with E-state index in [-0.39, 0.29) is 28.3 Å². The molecule has 0 aliphatic rings. The number of hydrogen-bond acceptors (Lipinski definition) is 4. The zero-order valence-corrected chi connectivity index (χ0v) is 11.4. The number of benzene rings is 2. The molecule has 0 heterocycles. The van der Waals surface area contributed by atoms with E-state index in [1.54, 1.807) is 0 Å². The first-order chi connectivity index (χ1) is 9.88. The molecule has 0 spiro atoms. The maximum atomic E-state index is 12.0. The van der Waals surface area contributed by atoms with E-state index in [4.69, 9.17) is 22.4 Å². The molecule has 5 N–H and O–H groups in total. The van der Waals surface area contributed by atoms with Crippen LogP contribution in [0.4, 0.5) is 11.4 Å². The fraction of sp³-hybridized carbons (Fsp3) is 0. The Balaban J connectivity index is 2.28. The van der Waals surface area contributed by atoms with Crippen LogP contribution in [0.2, 0.25) is 5.02 Å². The summed E-state index contributed by atoms with van der Waals surface area (Å²) in [6.07, 6.45) is 0. The van der Waals surface area contributed by atoms with E-state index < -0.39 is 11.9 Å². The number of carboxylic acids is 1. The molecule has 2 aromatic rings. The molecule has 2 aromatic carbocycles. The first-order valence-electron chi connectivity index (χ1n) is 5.81. The average Bonchev–Trinajstić information content (AvgIpc) is 2.43. The molecule has 0 aliphatic carbocycles. The minimum atomic E-state index is -1.17. The number of carbonyl (C=O) groups is 2. The number of hydrogen-bond donors (Lipinski definition) is 4. The number of nitrogens with two attached hydrogens (primary N) is 1. The molecule has 0 saturated carbocycles. The number of halogens is 1. The van der Waals surface area contributed by atoms with E-state index in [0.717, 1.165) is 6.07 Å². The fourth-order valence-corrected chi connectivity index (χ4v) is 1.77. The van der Waals surface area contributed by atoms with Crippen LogP contribution in [0.25, 0.3) is 0 Å². The van der Waals surface area contributed by atoms with Crippen molar-refractivity contribution in [2.24, 2.45) is 0 Å². The van der Waals surface area contributed by atoms with Crippen molar-refractivity contribution in [1.82, 2.24) is 0 Å². The summed E-state index contributed by atoms with van der Waals surface area (Å²) < 4.78 is 0. The van der Waals surface area contributed by atoms with Gasteiger partial charge in [-0.1, -0.05) is 11.6 Å². The van der Waals surface area contributed by atoms with Gasteiger partial charge in [0.25, 0.3) is 5.91 Å². The topological polar surface area (TPSA) is 113 Å². The van der Waals surface area contributed by atoms with Gasteiger partial charge < -0.3 is 21.3 Å². The minimum absolute atomic E-state index is 0.00609. The summed E-state index contributed by atoms with van der Waals surface area (Å²) in [7, 11) is 0. The summed E-state index contributed by atoms with van der Waals surface area (Å²) in [6.45, 7) is 0. The molecule has 0 atom stereocenters. The summed E-state index contributed by atoms with van der Waals surface area (Å²) in [5.74, 6) is -1.95. The number of rotatable bonds is 3. The van der Waals surface area contributed by atoms with Crippen molar-refractivity contribution in [1.29, 1.82) is 0 Å². The lowest BCUT2D eigenvalue weighted by molar-refractivity contribution is 0.0696. The number of anilines is 2. The van der Waals surface area contributed by atoms with Gasteiger partial charge in [-0.05, 0) is 36.4 Å². The second-order valence-electron chi connectivity index (χ2n) is 4.23. The molecule has 6 nitrogen and oxygen atoms in total. The maximum absolute atomic E-state index is 12.0. The van der Waals surface area contributed by atoms with E-state index >= 15 is 0 Å². The summed E-state index contributed by atoms with van der Waals surface area (Å²) in [6, 6.07) is 7.90. The summed E-state index contributed by atoms with van der Waals surface area (Å²) in [5, 5.41) is 21.3. The second-order valence-corrected chi connectivity index (χ2v) is 4.63. The number of phenols is 1. The molecule has 0 radical (unpaired) electrons. The number of phenolic OH excluding ortho intramolecular Hbond substituents is 1. The smallest absolute Gasteiger partial charge is 0.335 e. The Hall–Kier alpha value is -2.73. The van der Waals surface area contributed by atoms with Crippen LogP contribution in [-0.2, 0) is 0 Å². The Morgan fingerprint density at radius 2 is 1.76 bits per heavy atom. The van der Waals surface area contributed by atoms with Crippen LogP contribution in [0, 0.1) is 0 Å². The van der Waals surface area contributed by atoms with Gasteiger partial charge in [-0.3, -0.25) is 4.79 Å². The highest BCUT2D eigenvalue weighted by atomic mass is 35.5. The number of nitrogen functional groups attached to an aromatic ring is 1. The molecule has 0 saturated heterocycles. The molecule has 0 aliphatic heterocycles. The zero-order valence-electron chi connectivity index (χ0n) is 10.6. The van der Waals surface area contributed by atoms with Crippen molar-refractivity contribution >= 4 is 34.9 Å². The van der Waals surface area contributed by atoms with Crippen LogP contribution in [0.1, 0.15) is 20.7 Å². The first-order valence-corrected chi connectivity index (χ1v) is 6.19.